The van der Waals surface area contributed by atoms with Gasteiger partial charge in [0.2, 0.25) is 0 Å². The van der Waals surface area contributed by atoms with Gasteiger partial charge in [0.1, 0.15) is 6.10 Å². The monoisotopic (exact) mass is 648 g/mol. The fraction of sp³-hybridized carbons (Fsp3) is 1.00. The molecule has 44 heavy (non-hydrogen) atoms. The van der Waals surface area contributed by atoms with E-state index < -0.39 is 0 Å². The van der Waals surface area contributed by atoms with E-state index in [9.17, 15) is 0 Å². The SMILES string of the molecule is CCCCCCCCCCCCCCCCOCC(COCNCCC)OCCCCCCCCCCCCCCCC.Cl. The molecule has 4 nitrogen and oxygen atoms in total. The lowest BCUT2D eigenvalue weighted by Crippen LogP contribution is -2.29. The van der Waals surface area contributed by atoms with E-state index in [1.165, 1.54) is 173 Å². The summed E-state index contributed by atoms with van der Waals surface area (Å²) >= 11 is 0. The highest BCUT2D eigenvalue weighted by atomic mass is 35.5. The van der Waals surface area contributed by atoms with Crippen molar-refractivity contribution < 1.29 is 14.2 Å². The van der Waals surface area contributed by atoms with Crippen LogP contribution in [0.3, 0.4) is 0 Å². The Morgan fingerprint density at radius 3 is 1.11 bits per heavy atom. The number of hydrogen-bond donors (Lipinski definition) is 1. The highest BCUT2D eigenvalue weighted by Crippen LogP contribution is 2.14. The Morgan fingerprint density at radius 1 is 0.386 bits per heavy atom. The largest absolute Gasteiger partial charge is 0.379 e. The standard InChI is InChI=1S/C39H81NO3.ClH/c1-4-7-9-11-13-15-17-19-21-23-25-27-29-31-34-41-36-39(37-42-38-40-33-6-3)43-35-32-30-28-26-24-22-20-18-16-14-12-10-8-5-2;/h39-40H,4-38H2,1-3H3;1H. The third-order valence-electron chi connectivity index (χ3n) is 8.73. The Kier molecular flexibility index (Phi) is 45.3. The lowest BCUT2D eigenvalue weighted by Gasteiger charge is -2.18. The maximum atomic E-state index is 6.20. The molecule has 1 unspecified atom stereocenters. The second-order valence-electron chi connectivity index (χ2n) is 13.3. The van der Waals surface area contributed by atoms with Crippen molar-refractivity contribution in [3.05, 3.63) is 0 Å². The zero-order valence-electron chi connectivity index (χ0n) is 30.5. The molecule has 5 heteroatoms. The Balaban J connectivity index is 0. The van der Waals surface area contributed by atoms with Gasteiger partial charge in [0.05, 0.1) is 19.9 Å². The normalized spacial score (nSPS) is 12.1. The second-order valence-corrected chi connectivity index (χ2v) is 13.3. The molecule has 0 bridgehead atoms. The van der Waals surface area contributed by atoms with E-state index in [2.05, 4.69) is 26.1 Å². The van der Waals surface area contributed by atoms with Crippen LogP contribution < -0.4 is 5.32 Å². The molecule has 0 spiro atoms. The van der Waals surface area contributed by atoms with Gasteiger partial charge in [0, 0.05) is 13.2 Å². The van der Waals surface area contributed by atoms with E-state index in [1.54, 1.807) is 0 Å². The minimum Gasteiger partial charge on any atom is -0.379 e. The van der Waals surface area contributed by atoms with E-state index in [4.69, 9.17) is 14.2 Å². The number of hydrogen-bond acceptors (Lipinski definition) is 4. The maximum Gasteiger partial charge on any atom is 0.104 e. The van der Waals surface area contributed by atoms with Crippen molar-refractivity contribution in [3.63, 3.8) is 0 Å². The summed E-state index contributed by atoms with van der Waals surface area (Å²) in [6, 6.07) is 0. The number of ether oxygens (including phenoxy) is 3. The van der Waals surface area contributed by atoms with Crippen LogP contribution in [0.25, 0.3) is 0 Å². The van der Waals surface area contributed by atoms with Crippen molar-refractivity contribution in [2.75, 3.05) is 39.7 Å². The number of nitrogens with one attached hydrogen (secondary N) is 1. The van der Waals surface area contributed by atoms with Crippen molar-refractivity contribution in [2.24, 2.45) is 0 Å². The molecule has 0 radical (unpaired) electrons. The summed E-state index contributed by atoms with van der Waals surface area (Å²) in [6.07, 6.45) is 40.1. The van der Waals surface area contributed by atoms with Crippen LogP contribution in [0.1, 0.15) is 207 Å². The van der Waals surface area contributed by atoms with E-state index in [1.807, 2.05) is 0 Å². The molecule has 0 aromatic carbocycles. The fourth-order valence-corrected chi connectivity index (χ4v) is 5.82. The molecule has 0 rings (SSSR count). The quantitative estimate of drug-likeness (QED) is 0.0532. The van der Waals surface area contributed by atoms with Crippen LogP contribution in [0, 0.1) is 0 Å². The van der Waals surface area contributed by atoms with E-state index >= 15 is 0 Å². The van der Waals surface area contributed by atoms with Crippen molar-refractivity contribution in [1.82, 2.24) is 5.32 Å². The summed E-state index contributed by atoms with van der Waals surface area (Å²) in [5.74, 6) is 0. The van der Waals surface area contributed by atoms with E-state index in [0.717, 1.165) is 32.6 Å². The predicted molar refractivity (Wildman–Crippen MR) is 198 cm³/mol. The van der Waals surface area contributed by atoms with Crippen LogP contribution in [-0.4, -0.2) is 45.8 Å². The zero-order chi connectivity index (χ0) is 31.2. The first kappa shape index (κ1) is 46.2. The van der Waals surface area contributed by atoms with Gasteiger partial charge in [-0.1, -0.05) is 188 Å². The van der Waals surface area contributed by atoms with E-state index in [-0.39, 0.29) is 18.5 Å². The van der Waals surface area contributed by atoms with Gasteiger partial charge < -0.3 is 14.2 Å². The summed E-state index contributed by atoms with van der Waals surface area (Å²) in [5.41, 5.74) is 0. The van der Waals surface area contributed by atoms with Crippen LogP contribution in [0.5, 0.6) is 0 Å². The Hall–Kier alpha value is 0.130. The van der Waals surface area contributed by atoms with Crippen LogP contribution in [0.2, 0.25) is 0 Å². The van der Waals surface area contributed by atoms with Crippen LogP contribution >= 0.6 is 12.4 Å². The molecule has 1 atom stereocenters. The summed E-state index contributed by atoms with van der Waals surface area (Å²) < 4.78 is 18.1. The smallest absolute Gasteiger partial charge is 0.104 e. The number of unbranched alkanes of at least 4 members (excludes halogenated alkanes) is 26. The lowest BCUT2D eigenvalue weighted by atomic mass is 10.0. The molecule has 0 aromatic rings. The summed E-state index contributed by atoms with van der Waals surface area (Å²) in [7, 11) is 0. The van der Waals surface area contributed by atoms with Crippen molar-refractivity contribution in [1.29, 1.82) is 0 Å². The topological polar surface area (TPSA) is 39.7 Å². The minimum absolute atomic E-state index is 0. The number of halogens is 1. The van der Waals surface area contributed by atoms with Gasteiger partial charge >= 0.3 is 0 Å². The van der Waals surface area contributed by atoms with Crippen LogP contribution in [-0.2, 0) is 14.2 Å². The molecule has 1 N–H and O–H groups in total. The first-order valence-corrected chi connectivity index (χ1v) is 19.8. The molecule has 0 amide bonds. The first-order valence-electron chi connectivity index (χ1n) is 19.8. The molecule has 0 saturated carbocycles. The highest BCUT2D eigenvalue weighted by Gasteiger charge is 2.10. The predicted octanol–water partition coefficient (Wildman–Crippen LogP) is 12.7. The third kappa shape index (κ3) is 40.2. The third-order valence-corrected chi connectivity index (χ3v) is 8.73. The molecule has 268 valence electrons. The van der Waals surface area contributed by atoms with Gasteiger partial charge in [0.15, 0.2) is 0 Å². The average Bonchev–Trinajstić information content (AvgIpc) is 3.02. The highest BCUT2D eigenvalue weighted by molar-refractivity contribution is 5.85. The van der Waals surface area contributed by atoms with Gasteiger partial charge in [-0.2, -0.15) is 0 Å². The molecule has 0 fully saturated rings. The summed E-state index contributed by atoms with van der Waals surface area (Å²) in [4.78, 5) is 0. The van der Waals surface area contributed by atoms with Gasteiger partial charge in [0.25, 0.3) is 0 Å². The summed E-state index contributed by atoms with van der Waals surface area (Å²) in [5, 5.41) is 3.32. The lowest BCUT2D eigenvalue weighted by molar-refractivity contribution is -0.0636. The summed E-state index contributed by atoms with van der Waals surface area (Å²) in [6.45, 7) is 11.3. The zero-order valence-corrected chi connectivity index (χ0v) is 31.3. The molecule has 0 aliphatic rings. The van der Waals surface area contributed by atoms with Crippen LogP contribution in [0.4, 0.5) is 0 Å². The van der Waals surface area contributed by atoms with Gasteiger partial charge in [-0.15, -0.1) is 12.4 Å². The maximum absolute atomic E-state index is 6.20. The minimum atomic E-state index is 0. The number of rotatable bonds is 39. The molecule has 0 aromatic heterocycles. The molecular weight excluding hydrogens is 566 g/mol. The van der Waals surface area contributed by atoms with Crippen molar-refractivity contribution in [3.8, 4) is 0 Å². The Morgan fingerprint density at radius 2 is 0.727 bits per heavy atom. The van der Waals surface area contributed by atoms with E-state index in [0.29, 0.717) is 19.9 Å². The molecule has 0 aliphatic carbocycles. The van der Waals surface area contributed by atoms with Gasteiger partial charge in [-0.25, -0.2) is 0 Å². The van der Waals surface area contributed by atoms with Gasteiger partial charge in [-0.3, -0.25) is 5.32 Å². The molecule has 0 saturated heterocycles. The first-order chi connectivity index (χ1) is 21.3. The van der Waals surface area contributed by atoms with Crippen molar-refractivity contribution in [2.45, 2.75) is 213 Å². The fourth-order valence-electron chi connectivity index (χ4n) is 5.82. The average molecular weight is 649 g/mol. The Bertz CT molecular complexity index is 482. The second kappa shape index (κ2) is 43.1. The Labute approximate surface area is 284 Å². The van der Waals surface area contributed by atoms with Crippen LogP contribution in [0.15, 0.2) is 0 Å². The van der Waals surface area contributed by atoms with Gasteiger partial charge in [-0.05, 0) is 25.8 Å². The molecule has 0 aliphatic heterocycles. The molecular formula is C39H82ClNO3. The van der Waals surface area contributed by atoms with Crippen molar-refractivity contribution >= 4 is 12.4 Å². The molecule has 0 heterocycles.